The molecule has 5 heteroatoms. The van der Waals surface area contributed by atoms with Gasteiger partial charge >= 0.3 is 0 Å². The predicted molar refractivity (Wildman–Crippen MR) is 104 cm³/mol. The molecule has 1 aromatic carbocycles. The maximum atomic E-state index is 12.0. The molecule has 0 saturated carbocycles. The smallest absolute Gasteiger partial charge is 0.240 e. The molecular formula is C21H27N3O2. The monoisotopic (exact) mass is 353 g/mol. The lowest BCUT2D eigenvalue weighted by Crippen LogP contribution is -2.26. The Kier molecular flexibility index (Phi) is 7.33. The number of allylic oxidation sites excluding steroid dienone is 3. The number of hydrogen-bond donors (Lipinski definition) is 2. The van der Waals surface area contributed by atoms with Gasteiger partial charge in [-0.15, -0.1) is 0 Å². The molecule has 138 valence electrons. The number of hydrogen-bond acceptors (Lipinski definition) is 3. The first-order valence-corrected chi connectivity index (χ1v) is 8.94. The quantitative estimate of drug-likeness (QED) is 0.582. The fourth-order valence-electron chi connectivity index (χ4n) is 2.72. The normalized spacial score (nSPS) is 18.2. The van der Waals surface area contributed by atoms with Crippen LogP contribution in [-0.2, 0) is 16.1 Å². The van der Waals surface area contributed by atoms with Crippen LogP contribution >= 0.6 is 0 Å². The standard InChI is InChI=1S/C21H27N3O2/c1-15(2)18-10-9-16(3)19(13-18)23-24-21(26)12-11-20(25)22-14-17-7-5-4-6-8-17/h4-9,18H,1,10-14H2,2-3H3,(H,22,25)(H,24,26)/t18-/m1/s1. The van der Waals surface area contributed by atoms with Crippen molar-refractivity contribution in [2.75, 3.05) is 0 Å². The Morgan fingerprint density at radius 3 is 2.58 bits per heavy atom. The zero-order valence-corrected chi connectivity index (χ0v) is 15.5. The van der Waals surface area contributed by atoms with Gasteiger partial charge < -0.3 is 5.32 Å². The van der Waals surface area contributed by atoms with Gasteiger partial charge in [-0.05, 0) is 43.7 Å². The van der Waals surface area contributed by atoms with E-state index in [9.17, 15) is 9.59 Å². The third-order valence-electron chi connectivity index (χ3n) is 4.53. The fourth-order valence-corrected chi connectivity index (χ4v) is 2.72. The zero-order chi connectivity index (χ0) is 18.9. The van der Waals surface area contributed by atoms with E-state index in [4.69, 9.17) is 0 Å². The summed E-state index contributed by atoms with van der Waals surface area (Å²) in [7, 11) is 0. The third-order valence-corrected chi connectivity index (χ3v) is 4.53. The molecule has 2 amide bonds. The summed E-state index contributed by atoms with van der Waals surface area (Å²) in [6, 6.07) is 9.67. The molecule has 26 heavy (non-hydrogen) atoms. The number of benzene rings is 1. The van der Waals surface area contributed by atoms with Crippen LogP contribution in [0.5, 0.6) is 0 Å². The molecule has 0 radical (unpaired) electrons. The van der Waals surface area contributed by atoms with E-state index in [1.807, 2.05) is 44.2 Å². The fraction of sp³-hybridized carbons (Fsp3) is 0.381. The third kappa shape index (κ3) is 6.31. The van der Waals surface area contributed by atoms with Crippen LogP contribution < -0.4 is 10.7 Å². The van der Waals surface area contributed by atoms with E-state index in [1.54, 1.807) is 0 Å². The molecule has 1 atom stereocenters. The van der Waals surface area contributed by atoms with Crippen LogP contribution in [0.1, 0.15) is 45.1 Å². The van der Waals surface area contributed by atoms with Gasteiger partial charge in [-0.3, -0.25) is 9.59 Å². The summed E-state index contributed by atoms with van der Waals surface area (Å²) < 4.78 is 0. The molecule has 0 heterocycles. The van der Waals surface area contributed by atoms with Crippen LogP contribution in [0, 0.1) is 5.92 Å². The minimum atomic E-state index is -0.252. The second-order valence-electron chi connectivity index (χ2n) is 6.73. The Bertz CT molecular complexity index is 720. The van der Waals surface area contributed by atoms with Crippen molar-refractivity contribution in [3.8, 4) is 0 Å². The van der Waals surface area contributed by atoms with Crippen LogP contribution in [0.25, 0.3) is 0 Å². The number of carbonyl (C=O) groups excluding carboxylic acids is 2. The molecule has 1 aromatic rings. The highest BCUT2D eigenvalue weighted by Crippen LogP contribution is 2.26. The van der Waals surface area contributed by atoms with Gasteiger partial charge in [0.05, 0.1) is 5.71 Å². The minimum Gasteiger partial charge on any atom is -0.352 e. The Balaban J connectivity index is 1.74. The van der Waals surface area contributed by atoms with Crippen molar-refractivity contribution in [3.63, 3.8) is 0 Å². The van der Waals surface area contributed by atoms with E-state index in [2.05, 4.69) is 28.5 Å². The predicted octanol–water partition coefficient (Wildman–Crippen LogP) is 3.49. The van der Waals surface area contributed by atoms with Gasteiger partial charge in [-0.25, -0.2) is 5.43 Å². The molecule has 0 aromatic heterocycles. The van der Waals surface area contributed by atoms with Crippen molar-refractivity contribution in [1.82, 2.24) is 10.7 Å². The summed E-state index contributed by atoms with van der Waals surface area (Å²) in [6.45, 7) is 8.49. The van der Waals surface area contributed by atoms with Gasteiger partial charge in [0.1, 0.15) is 0 Å². The van der Waals surface area contributed by atoms with Gasteiger partial charge in [-0.1, -0.05) is 48.6 Å². The first-order chi connectivity index (χ1) is 12.5. The van der Waals surface area contributed by atoms with Crippen LogP contribution in [0.15, 0.2) is 59.2 Å². The van der Waals surface area contributed by atoms with Gasteiger partial charge in [-0.2, -0.15) is 5.10 Å². The van der Waals surface area contributed by atoms with Crippen LogP contribution in [0.4, 0.5) is 0 Å². The van der Waals surface area contributed by atoms with E-state index in [-0.39, 0.29) is 24.7 Å². The zero-order valence-electron chi connectivity index (χ0n) is 15.5. The van der Waals surface area contributed by atoms with Crippen LogP contribution in [0.3, 0.4) is 0 Å². The van der Waals surface area contributed by atoms with Crippen molar-refractivity contribution < 1.29 is 9.59 Å². The lowest BCUT2D eigenvalue weighted by molar-refractivity contribution is -0.126. The van der Waals surface area contributed by atoms with Crippen molar-refractivity contribution in [1.29, 1.82) is 0 Å². The first kappa shape index (κ1) is 19.6. The summed E-state index contributed by atoms with van der Waals surface area (Å²) in [5, 5.41) is 7.06. The summed E-state index contributed by atoms with van der Waals surface area (Å²) in [4.78, 5) is 23.8. The number of carbonyl (C=O) groups is 2. The maximum Gasteiger partial charge on any atom is 0.240 e. The van der Waals surface area contributed by atoms with Gasteiger partial charge in [0.2, 0.25) is 11.8 Å². The minimum absolute atomic E-state index is 0.115. The second-order valence-corrected chi connectivity index (χ2v) is 6.73. The van der Waals surface area contributed by atoms with E-state index in [0.717, 1.165) is 35.3 Å². The molecule has 0 aliphatic heterocycles. The topological polar surface area (TPSA) is 70.6 Å². The summed E-state index contributed by atoms with van der Waals surface area (Å²) >= 11 is 0. The molecule has 2 rings (SSSR count). The molecule has 1 aliphatic carbocycles. The van der Waals surface area contributed by atoms with Gasteiger partial charge in [0, 0.05) is 19.4 Å². The summed E-state index contributed by atoms with van der Waals surface area (Å²) in [5.74, 6) is -0.0246. The Labute approximate surface area is 155 Å². The van der Waals surface area contributed by atoms with Crippen LogP contribution in [-0.4, -0.2) is 17.5 Å². The average Bonchev–Trinajstić information content (AvgIpc) is 2.64. The second kappa shape index (κ2) is 9.70. The van der Waals surface area contributed by atoms with E-state index >= 15 is 0 Å². The average molecular weight is 353 g/mol. The van der Waals surface area contributed by atoms with E-state index in [0.29, 0.717) is 12.5 Å². The molecule has 5 nitrogen and oxygen atoms in total. The number of rotatable bonds is 7. The highest BCUT2D eigenvalue weighted by molar-refractivity contribution is 6.01. The molecule has 0 unspecified atom stereocenters. The molecule has 0 spiro atoms. The van der Waals surface area contributed by atoms with Crippen molar-refractivity contribution in [2.24, 2.45) is 11.0 Å². The highest BCUT2D eigenvalue weighted by Gasteiger charge is 2.18. The van der Waals surface area contributed by atoms with Gasteiger partial charge in [0.25, 0.3) is 0 Å². The Morgan fingerprint density at radius 1 is 1.19 bits per heavy atom. The lowest BCUT2D eigenvalue weighted by atomic mass is 9.85. The number of amides is 2. The molecular weight excluding hydrogens is 326 g/mol. The molecule has 0 bridgehead atoms. The SMILES string of the molecule is C=C(C)[C@@H]1CC=C(C)C(=NNC(=O)CCC(=O)NCc2ccccc2)C1. The number of nitrogens with zero attached hydrogens (tertiary/aromatic N) is 1. The lowest BCUT2D eigenvalue weighted by Gasteiger charge is -2.22. The molecule has 1 aliphatic rings. The van der Waals surface area contributed by atoms with Crippen LogP contribution in [0.2, 0.25) is 0 Å². The molecule has 2 N–H and O–H groups in total. The Morgan fingerprint density at radius 2 is 1.88 bits per heavy atom. The van der Waals surface area contributed by atoms with Crippen molar-refractivity contribution in [2.45, 2.75) is 46.1 Å². The summed E-state index contributed by atoms with van der Waals surface area (Å²) in [5.41, 5.74) is 6.70. The first-order valence-electron chi connectivity index (χ1n) is 8.94. The number of hydrazone groups is 1. The summed E-state index contributed by atoms with van der Waals surface area (Å²) in [6.07, 6.45) is 4.15. The number of nitrogens with one attached hydrogen (secondary N) is 2. The van der Waals surface area contributed by atoms with Crippen molar-refractivity contribution in [3.05, 3.63) is 59.7 Å². The molecule has 0 fully saturated rings. The highest BCUT2D eigenvalue weighted by atomic mass is 16.2. The molecule has 0 saturated heterocycles. The van der Waals surface area contributed by atoms with Crippen molar-refractivity contribution >= 4 is 17.5 Å². The maximum absolute atomic E-state index is 12.0. The largest absolute Gasteiger partial charge is 0.352 e. The Hall–Kier alpha value is -2.69. The van der Waals surface area contributed by atoms with E-state index in [1.165, 1.54) is 0 Å². The van der Waals surface area contributed by atoms with Gasteiger partial charge in [0.15, 0.2) is 0 Å². The van der Waals surface area contributed by atoms with E-state index < -0.39 is 0 Å².